The molecule has 5 nitrogen and oxygen atoms in total. The van der Waals surface area contributed by atoms with E-state index in [0.29, 0.717) is 35.1 Å². The highest BCUT2D eigenvalue weighted by Crippen LogP contribution is 2.24. The van der Waals surface area contributed by atoms with Crippen molar-refractivity contribution in [2.24, 2.45) is 0 Å². The van der Waals surface area contributed by atoms with Crippen molar-refractivity contribution in [1.29, 1.82) is 5.26 Å². The lowest BCUT2D eigenvalue weighted by atomic mass is 10.2. The summed E-state index contributed by atoms with van der Waals surface area (Å²) in [6, 6.07) is 11.7. The molecule has 1 aromatic carbocycles. The molecule has 2 heterocycles. The van der Waals surface area contributed by atoms with Crippen molar-refractivity contribution in [2.45, 2.75) is 20.3 Å². The number of para-hydroxylation sites is 1. The second-order valence-corrected chi connectivity index (χ2v) is 5.54. The van der Waals surface area contributed by atoms with Gasteiger partial charge in [-0.05, 0) is 26.0 Å². The van der Waals surface area contributed by atoms with Gasteiger partial charge in [0.05, 0.1) is 12.3 Å². The number of ether oxygens (including phenoxy) is 1. The molecule has 0 saturated carbocycles. The fourth-order valence-corrected chi connectivity index (χ4v) is 2.81. The number of fused-ring (bicyclic) bond motifs is 1. The van der Waals surface area contributed by atoms with Gasteiger partial charge >= 0.3 is 0 Å². The van der Waals surface area contributed by atoms with E-state index in [-0.39, 0.29) is 0 Å². The first-order valence-electron chi connectivity index (χ1n) is 7.24. The van der Waals surface area contributed by atoms with Gasteiger partial charge in [-0.1, -0.05) is 29.8 Å². The van der Waals surface area contributed by atoms with E-state index in [0.717, 1.165) is 17.0 Å². The molecule has 116 valence electrons. The van der Waals surface area contributed by atoms with Crippen LogP contribution >= 0.6 is 11.6 Å². The number of halogens is 1. The Morgan fingerprint density at radius 1 is 1.22 bits per heavy atom. The summed E-state index contributed by atoms with van der Waals surface area (Å²) in [5.41, 5.74) is 3.25. The summed E-state index contributed by atoms with van der Waals surface area (Å²) in [5.74, 6) is 0.817. The Balaban J connectivity index is 1.88. The minimum atomic E-state index is 0.460. The van der Waals surface area contributed by atoms with Crippen LogP contribution in [0.3, 0.4) is 0 Å². The topological polar surface area (TPSA) is 63.2 Å². The second-order valence-electron chi connectivity index (χ2n) is 5.19. The highest BCUT2D eigenvalue weighted by Gasteiger charge is 2.17. The monoisotopic (exact) mass is 326 g/mol. The summed E-state index contributed by atoms with van der Waals surface area (Å²) in [7, 11) is 0. The SMILES string of the molecule is Cc1nc2c(C#N)c(C)nn2c(Cl)c1CCOc1ccccc1. The second kappa shape index (κ2) is 6.27. The Hall–Kier alpha value is -2.58. The third kappa shape index (κ3) is 2.86. The van der Waals surface area contributed by atoms with Gasteiger partial charge in [0.2, 0.25) is 0 Å². The molecule has 0 aliphatic rings. The van der Waals surface area contributed by atoms with E-state index in [4.69, 9.17) is 16.3 Å². The number of nitriles is 1. The largest absolute Gasteiger partial charge is 0.493 e. The van der Waals surface area contributed by atoms with Crippen LogP contribution in [-0.2, 0) is 6.42 Å². The summed E-state index contributed by atoms with van der Waals surface area (Å²) in [5, 5.41) is 14.0. The van der Waals surface area contributed by atoms with Crippen molar-refractivity contribution in [2.75, 3.05) is 6.61 Å². The molecule has 0 bridgehead atoms. The normalized spacial score (nSPS) is 10.7. The maximum atomic E-state index is 9.22. The Bertz CT molecular complexity index is 897. The average molecular weight is 327 g/mol. The van der Waals surface area contributed by atoms with Crippen LogP contribution in [0, 0.1) is 25.2 Å². The van der Waals surface area contributed by atoms with Crippen LogP contribution in [-0.4, -0.2) is 21.2 Å². The molecule has 0 atom stereocenters. The Morgan fingerprint density at radius 2 is 1.96 bits per heavy atom. The fourth-order valence-electron chi connectivity index (χ4n) is 2.46. The third-order valence-corrected chi connectivity index (χ3v) is 4.05. The Labute approximate surface area is 139 Å². The van der Waals surface area contributed by atoms with Gasteiger partial charge in [0.15, 0.2) is 5.65 Å². The van der Waals surface area contributed by atoms with Crippen LogP contribution in [0.2, 0.25) is 5.15 Å². The van der Waals surface area contributed by atoms with Gasteiger partial charge < -0.3 is 4.74 Å². The van der Waals surface area contributed by atoms with E-state index in [1.165, 1.54) is 4.52 Å². The molecule has 0 amide bonds. The molecule has 23 heavy (non-hydrogen) atoms. The van der Waals surface area contributed by atoms with Gasteiger partial charge in [-0.15, -0.1) is 0 Å². The van der Waals surface area contributed by atoms with Crippen molar-refractivity contribution >= 4 is 17.2 Å². The predicted molar refractivity (Wildman–Crippen MR) is 87.8 cm³/mol. The van der Waals surface area contributed by atoms with Crippen molar-refractivity contribution in [3.63, 3.8) is 0 Å². The zero-order chi connectivity index (χ0) is 16.4. The summed E-state index contributed by atoms with van der Waals surface area (Å²) >= 11 is 6.47. The molecular formula is C17H15ClN4O. The van der Waals surface area contributed by atoms with Gasteiger partial charge in [-0.25, -0.2) is 9.50 Å². The predicted octanol–water partition coefficient (Wildman–Crippen LogP) is 3.49. The van der Waals surface area contributed by atoms with E-state index in [9.17, 15) is 5.26 Å². The number of hydrogen-bond acceptors (Lipinski definition) is 4. The molecule has 3 rings (SSSR count). The summed E-state index contributed by atoms with van der Waals surface area (Å²) in [6.45, 7) is 4.15. The van der Waals surface area contributed by atoms with Crippen molar-refractivity contribution in [1.82, 2.24) is 14.6 Å². The molecule has 2 aromatic heterocycles. The van der Waals surface area contributed by atoms with E-state index in [1.807, 2.05) is 37.3 Å². The van der Waals surface area contributed by atoms with Crippen LogP contribution in [0.4, 0.5) is 0 Å². The lowest BCUT2D eigenvalue weighted by Gasteiger charge is -2.10. The van der Waals surface area contributed by atoms with Gasteiger partial charge in [-0.3, -0.25) is 0 Å². The van der Waals surface area contributed by atoms with E-state index >= 15 is 0 Å². The smallest absolute Gasteiger partial charge is 0.175 e. The minimum Gasteiger partial charge on any atom is -0.493 e. The van der Waals surface area contributed by atoms with Gasteiger partial charge in [-0.2, -0.15) is 10.4 Å². The van der Waals surface area contributed by atoms with E-state index in [1.54, 1.807) is 6.92 Å². The number of nitrogens with zero attached hydrogens (tertiary/aromatic N) is 4. The van der Waals surface area contributed by atoms with Gasteiger partial charge in [0.25, 0.3) is 0 Å². The summed E-state index contributed by atoms with van der Waals surface area (Å²) in [4.78, 5) is 4.49. The number of aryl methyl sites for hydroxylation is 2. The molecule has 6 heteroatoms. The highest BCUT2D eigenvalue weighted by molar-refractivity contribution is 6.30. The molecule has 3 aromatic rings. The first kappa shape index (κ1) is 15.3. The molecule has 0 radical (unpaired) electrons. The van der Waals surface area contributed by atoms with Gasteiger partial charge in [0.1, 0.15) is 22.5 Å². The van der Waals surface area contributed by atoms with Crippen molar-refractivity contribution in [3.05, 3.63) is 58.0 Å². The molecule has 0 aliphatic carbocycles. The molecule has 0 saturated heterocycles. The maximum Gasteiger partial charge on any atom is 0.175 e. The number of rotatable bonds is 4. The van der Waals surface area contributed by atoms with Crippen LogP contribution < -0.4 is 4.74 Å². The molecule has 0 spiro atoms. The van der Waals surface area contributed by atoms with Crippen LogP contribution in [0.25, 0.3) is 5.65 Å². The van der Waals surface area contributed by atoms with Crippen LogP contribution in [0.5, 0.6) is 5.75 Å². The zero-order valence-corrected chi connectivity index (χ0v) is 13.6. The first-order valence-corrected chi connectivity index (χ1v) is 7.62. The van der Waals surface area contributed by atoms with Crippen molar-refractivity contribution < 1.29 is 4.74 Å². The molecule has 0 N–H and O–H groups in total. The maximum absolute atomic E-state index is 9.22. The number of aromatic nitrogens is 3. The van der Waals surface area contributed by atoms with E-state index in [2.05, 4.69) is 16.2 Å². The Kier molecular flexibility index (Phi) is 4.18. The average Bonchev–Trinajstić information content (AvgIpc) is 2.87. The lowest BCUT2D eigenvalue weighted by molar-refractivity contribution is 0.321. The zero-order valence-electron chi connectivity index (χ0n) is 12.9. The standard InChI is InChI=1S/C17H15ClN4O/c1-11-14(8-9-23-13-6-4-3-5-7-13)16(18)22-17(20-11)15(10-19)12(2)21-22/h3-7H,8-9H2,1-2H3. The number of hydrogen-bond donors (Lipinski definition) is 0. The third-order valence-electron chi connectivity index (χ3n) is 3.66. The molecule has 0 unspecified atom stereocenters. The molecular weight excluding hydrogens is 312 g/mol. The quantitative estimate of drug-likeness (QED) is 0.688. The number of benzene rings is 1. The highest BCUT2D eigenvalue weighted by atomic mass is 35.5. The molecule has 0 aliphatic heterocycles. The first-order chi connectivity index (χ1) is 11.1. The Morgan fingerprint density at radius 3 is 2.65 bits per heavy atom. The van der Waals surface area contributed by atoms with Gasteiger partial charge in [0, 0.05) is 17.7 Å². The van der Waals surface area contributed by atoms with Crippen LogP contribution in [0.15, 0.2) is 30.3 Å². The van der Waals surface area contributed by atoms with Crippen LogP contribution in [0.1, 0.15) is 22.5 Å². The minimum absolute atomic E-state index is 0.460. The summed E-state index contributed by atoms with van der Waals surface area (Å²) in [6.07, 6.45) is 0.614. The van der Waals surface area contributed by atoms with E-state index < -0.39 is 0 Å². The summed E-state index contributed by atoms with van der Waals surface area (Å²) < 4.78 is 7.24. The fraction of sp³-hybridized carbons (Fsp3) is 0.235. The van der Waals surface area contributed by atoms with Crippen molar-refractivity contribution in [3.8, 4) is 11.8 Å². The lowest BCUT2D eigenvalue weighted by Crippen LogP contribution is -2.08. The molecule has 0 fully saturated rings.